The number of thioether (sulfide) groups is 1. The van der Waals surface area contributed by atoms with Gasteiger partial charge >= 0.3 is 0 Å². The van der Waals surface area contributed by atoms with E-state index in [1.807, 2.05) is 29.6 Å². The number of carbonyl (C=O) groups is 1. The molecule has 0 saturated heterocycles. The zero-order valence-corrected chi connectivity index (χ0v) is 19.5. The molecule has 8 heteroatoms. The molecule has 3 aromatic rings. The third-order valence-corrected chi connectivity index (χ3v) is 7.54. The van der Waals surface area contributed by atoms with Crippen molar-refractivity contribution in [1.82, 2.24) is 14.9 Å². The van der Waals surface area contributed by atoms with Gasteiger partial charge in [-0.3, -0.25) is 14.2 Å². The van der Waals surface area contributed by atoms with E-state index in [0.29, 0.717) is 33.5 Å². The van der Waals surface area contributed by atoms with Crippen molar-refractivity contribution in [3.8, 4) is 0 Å². The highest BCUT2D eigenvalue weighted by Gasteiger charge is 2.15. The SMILES string of the molecule is O=C(CSc1nc2ccsc2c(=O)n1Cc1ccccc1Cl)NCCC1=CCCCC1. The molecule has 1 aliphatic rings. The van der Waals surface area contributed by atoms with Crippen molar-refractivity contribution in [3.63, 3.8) is 0 Å². The summed E-state index contributed by atoms with van der Waals surface area (Å²) in [5.41, 5.74) is 2.85. The van der Waals surface area contributed by atoms with Gasteiger partial charge in [0.05, 0.1) is 17.8 Å². The number of nitrogens with zero attached hydrogens (tertiary/aromatic N) is 2. The first-order valence-electron chi connectivity index (χ1n) is 10.4. The molecule has 2 heterocycles. The standard InChI is InChI=1S/C23H24ClN3O2S2/c24-18-9-5-4-8-17(18)14-27-22(29)21-19(11-13-30-21)26-23(27)31-15-20(28)25-12-10-16-6-2-1-3-7-16/h4-6,8-9,11,13H,1-3,7,10,12,14-15H2,(H,25,28). The van der Waals surface area contributed by atoms with Crippen LogP contribution in [0.5, 0.6) is 0 Å². The average Bonchev–Trinajstić information content (AvgIpc) is 3.25. The monoisotopic (exact) mass is 473 g/mol. The topological polar surface area (TPSA) is 64.0 Å². The van der Waals surface area contributed by atoms with Crippen LogP contribution >= 0.6 is 34.7 Å². The maximum atomic E-state index is 13.1. The quantitative estimate of drug-likeness (QED) is 0.275. The molecule has 1 N–H and O–H groups in total. The van der Waals surface area contributed by atoms with E-state index in [1.165, 1.54) is 41.5 Å². The fourth-order valence-corrected chi connectivity index (χ4v) is 5.45. The van der Waals surface area contributed by atoms with Crippen molar-refractivity contribution < 1.29 is 4.79 Å². The molecular weight excluding hydrogens is 450 g/mol. The van der Waals surface area contributed by atoms with E-state index >= 15 is 0 Å². The summed E-state index contributed by atoms with van der Waals surface area (Å²) in [5.74, 6) is 0.161. The van der Waals surface area contributed by atoms with E-state index in [2.05, 4.69) is 16.4 Å². The number of benzene rings is 1. The molecule has 0 radical (unpaired) electrons. The Morgan fingerprint density at radius 2 is 2.13 bits per heavy atom. The van der Waals surface area contributed by atoms with Crippen molar-refractivity contribution in [2.45, 2.75) is 43.8 Å². The number of rotatable bonds is 8. The number of hydrogen-bond donors (Lipinski definition) is 1. The number of thiophene rings is 1. The van der Waals surface area contributed by atoms with Gasteiger partial charge < -0.3 is 5.32 Å². The number of halogens is 1. The Morgan fingerprint density at radius 1 is 1.26 bits per heavy atom. The molecule has 1 amide bonds. The van der Waals surface area contributed by atoms with Crippen molar-refractivity contribution >= 4 is 50.8 Å². The van der Waals surface area contributed by atoms with E-state index < -0.39 is 0 Å². The van der Waals surface area contributed by atoms with Crippen LogP contribution in [-0.2, 0) is 11.3 Å². The Balaban J connectivity index is 1.46. The second-order valence-electron chi connectivity index (χ2n) is 7.51. The number of hydrogen-bond acceptors (Lipinski definition) is 5. The third kappa shape index (κ3) is 5.59. The van der Waals surface area contributed by atoms with Crippen LogP contribution in [0.4, 0.5) is 0 Å². The molecule has 0 aliphatic heterocycles. The Kier molecular flexibility index (Phi) is 7.48. The van der Waals surface area contributed by atoms with Gasteiger partial charge in [0.15, 0.2) is 5.16 Å². The van der Waals surface area contributed by atoms with Crippen LogP contribution in [0, 0.1) is 0 Å². The lowest BCUT2D eigenvalue weighted by atomic mass is 9.97. The van der Waals surface area contributed by atoms with Gasteiger partial charge in [0, 0.05) is 11.6 Å². The Hall–Kier alpha value is -2.09. The van der Waals surface area contributed by atoms with E-state index in [-0.39, 0.29) is 17.2 Å². The smallest absolute Gasteiger partial charge is 0.272 e. The van der Waals surface area contributed by atoms with Crippen molar-refractivity contribution in [2.75, 3.05) is 12.3 Å². The molecule has 0 atom stereocenters. The third-order valence-electron chi connectivity index (χ3n) is 5.30. The lowest BCUT2D eigenvalue weighted by Crippen LogP contribution is -2.28. The normalized spacial score (nSPS) is 13.9. The van der Waals surface area contributed by atoms with E-state index in [9.17, 15) is 9.59 Å². The van der Waals surface area contributed by atoms with Gasteiger partial charge in [-0.15, -0.1) is 11.3 Å². The van der Waals surface area contributed by atoms with Crippen molar-refractivity contribution in [3.05, 3.63) is 68.3 Å². The molecule has 0 bridgehead atoms. The van der Waals surface area contributed by atoms with Gasteiger partial charge in [-0.05, 0) is 55.2 Å². The van der Waals surface area contributed by atoms with Gasteiger partial charge in [0.2, 0.25) is 5.91 Å². The Labute approximate surface area is 194 Å². The molecule has 4 rings (SSSR count). The van der Waals surface area contributed by atoms with Crippen LogP contribution in [0.25, 0.3) is 10.2 Å². The van der Waals surface area contributed by atoms with Crippen molar-refractivity contribution in [1.29, 1.82) is 0 Å². The van der Waals surface area contributed by atoms with E-state index in [0.717, 1.165) is 24.8 Å². The maximum Gasteiger partial charge on any atom is 0.272 e. The van der Waals surface area contributed by atoms with Gasteiger partial charge in [-0.2, -0.15) is 0 Å². The summed E-state index contributed by atoms with van der Waals surface area (Å²) < 4.78 is 2.23. The summed E-state index contributed by atoms with van der Waals surface area (Å²) in [6, 6.07) is 9.29. The van der Waals surface area contributed by atoms with Crippen LogP contribution in [0.1, 0.15) is 37.7 Å². The van der Waals surface area contributed by atoms with Crippen LogP contribution < -0.4 is 10.9 Å². The molecular formula is C23H24ClN3O2S2. The molecule has 5 nitrogen and oxygen atoms in total. The second-order valence-corrected chi connectivity index (χ2v) is 9.77. The Morgan fingerprint density at radius 3 is 2.94 bits per heavy atom. The number of fused-ring (bicyclic) bond motifs is 1. The summed E-state index contributed by atoms with van der Waals surface area (Å²) in [6.45, 7) is 0.964. The van der Waals surface area contributed by atoms with Gasteiger partial charge in [-0.1, -0.05) is 53.2 Å². The zero-order chi connectivity index (χ0) is 21.6. The number of carbonyl (C=O) groups excluding carboxylic acids is 1. The first-order valence-corrected chi connectivity index (χ1v) is 12.6. The van der Waals surface area contributed by atoms with E-state index in [4.69, 9.17) is 11.6 Å². The highest BCUT2D eigenvalue weighted by molar-refractivity contribution is 7.99. The summed E-state index contributed by atoms with van der Waals surface area (Å²) in [5, 5.41) is 5.98. The molecule has 31 heavy (non-hydrogen) atoms. The number of amides is 1. The predicted molar refractivity (Wildman–Crippen MR) is 129 cm³/mol. The largest absolute Gasteiger partial charge is 0.355 e. The lowest BCUT2D eigenvalue weighted by molar-refractivity contribution is -0.118. The van der Waals surface area contributed by atoms with Crippen LogP contribution in [0.15, 0.2) is 57.3 Å². The van der Waals surface area contributed by atoms with Gasteiger partial charge in [-0.25, -0.2) is 4.98 Å². The molecule has 1 aromatic carbocycles. The first kappa shape index (κ1) is 22.1. The summed E-state index contributed by atoms with van der Waals surface area (Å²) >= 11 is 8.98. The average molecular weight is 474 g/mol. The summed E-state index contributed by atoms with van der Waals surface area (Å²) in [6.07, 6.45) is 8.02. The second kappa shape index (κ2) is 10.5. The number of nitrogens with one attached hydrogen (secondary N) is 1. The van der Waals surface area contributed by atoms with Crippen LogP contribution in [-0.4, -0.2) is 27.8 Å². The minimum absolute atomic E-state index is 0.0506. The predicted octanol–water partition coefficient (Wildman–Crippen LogP) is 5.26. The minimum Gasteiger partial charge on any atom is -0.355 e. The van der Waals surface area contributed by atoms with Gasteiger partial charge in [0.1, 0.15) is 4.70 Å². The molecule has 0 spiro atoms. The van der Waals surface area contributed by atoms with Gasteiger partial charge in [0.25, 0.3) is 5.56 Å². The molecule has 0 saturated carbocycles. The molecule has 1 aliphatic carbocycles. The number of allylic oxidation sites excluding steroid dienone is 1. The molecule has 2 aromatic heterocycles. The first-order chi connectivity index (χ1) is 15.1. The molecule has 0 fully saturated rings. The van der Waals surface area contributed by atoms with Crippen LogP contribution in [0.2, 0.25) is 5.02 Å². The van der Waals surface area contributed by atoms with E-state index in [1.54, 1.807) is 10.6 Å². The maximum absolute atomic E-state index is 13.1. The fraction of sp³-hybridized carbons (Fsp3) is 0.348. The minimum atomic E-state index is -0.105. The highest BCUT2D eigenvalue weighted by atomic mass is 35.5. The van der Waals surface area contributed by atoms with Crippen molar-refractivity contribution in [2.24, 2.45) is 0 Å². The summed E-state index contributed by atoms with van der Waals surface area (Å²) in [7, 11) is 0. The Bertz CT molecular complexity index is 1170. The van der Waals surface area contributed by atoms with Crippen LogP contribution in [0.3, 0.4) is 0 Å². The summed E-state index contributed by atoms with van der Waals surface area (Å²) in [4.78, 5) is 30.1. The zero-order valence-electron chi connectivity index (χ0n) is 17.1. The highest BCUT2D eigenvalue weighted by Crippen LogP contribution is 2.24. The lowest BCUT2D eigenvalue weighted by Gasteiger charge is -2.14. The number of aromatic nitrogens is 2. The fourth-order valence-electron chi connectivity index (χ4n) is 3.65. The molecule has 162 valence electrons. The molecule has 0 unspecified atom stereocenters.